The van der Waals surface area contributed by atoms with Crippen LogP contribution in [0, 0.1) is 0 Å². The van der Waals surface area contributed by atoms with Crippen molar-refractivity contribution in [2.24, 2.45) is 0 Å². The van der Waals surface area contributed by atoms with E-state index >= 15 is 0 Å². The fraction of sp³-hybridized carbons (Fsp3) is 0.316. The summed E-state index contributed by atoms with van der Waals surface area (Å²) in [6.45, 7) is 5.83. The van der Waals surface area contributed by atoms with Crippen LogP contribution in [0.2, 0.25) is 0 Å². The number of amides is 1. The van der Waals surface area contributed by atoms with Crippen molar-refractivity contribution in [1.29, 1.82) is 0 Å². The second kappa shape index (κ2) is 7.19. The lowest BCUT2D eigenvalue weighted by Crippen LogP contribution is -2.31. The summed E-state index contributed by atoms with van der Waals surface area (Å²) in [7, 11) is 0. The Morgan fingerprint density at radius 3 is 2.60 bits per heavy atom. The van der Waals surface area contributed by atoms with E-state index in [1.807, 2.05) is 37.3 Å². The van der Waals surface area contributed by atoms with Gasteiger partial charge in [0.1, 0.15) is 10.9 Å². The quantitative estimate of drug-likeness (QED) is 0.757. The molecule has 3 rings (SSSR count). The molecule has 25 heavy (non-hydrogen) atoms. The lowest BCUT2D eigenvalue weighted by molar-refractivity contribution is -0.118. The molecule has 0 fully saturated rings. The van der Waals surface area contributed by atoms with Gasteiger partial charge in [0, 0.05) is 10.6 Å². The van der Waals surface area contributed by atoms with Crippen LogP contribution in [0.4, 0.5) is 5.69 Å². The van der Waals surface area contributed by atoms with Gasteiger partial charge in [0.2, 0.25) is 5.91 Å². The molecule has 0 radical (unpaired) electrons. The third kappa shape index (κ3) is 3.49. The molecular formula is C19H21N3O2S. The molecule has 130 valence electrons. The first-order valence-corrected chi connectivity index (χ1v) is 9.24. The van der Waals surface area contributed by atoms with E-state index in [4.69, 9.17) is 0 Å². The zero-order chi connectivity index (χ0) is 18.0. The number of fused-ring (bicyclic) bond motifs is 1. The molecule has 3 aromatic rings. The molecule has 2 aromatic heterocycles. The Morgan fingerprint density at radius 2 is 1.96 bits per heavy atom. The molecule has 0 saturated carbocycles. The van der Waals surface area contributed by atoms with Crippen LogP contribution in [-0.2, 0) is 17.6 Å². The molecule has 0 bridgehead atoms. The number of nitrogens with one attached hydrogen (secondary N) is 1. The molecule has 1 N–H and O–H groups in total. The van der Waals surface area contributed by atoms with E-state index in [2.05, 4.69) is 17.2 Å². The van der Waals surface area contributed by atoms with Crippen LogP contribution in [0.5, 0.6) is 0 Å². The first kappa shape index (κ1) is 17.4. The monoisotopic (exact) mass is 355 g/mol. The molecule has 0 aliphatic heterocycles. The van der Waals surface area contributed by atoms with Gasteiger partial charge in [0.05, 0.1) is 11.7 Å². The van der Waals surface area contributed by atoms with Crippen LogP contribution in [0.3, 0.4) is 0 Å². The summed E-state index contributed by atoms with van der Waals surface area (Å²) in [6, 6.07) is 8.95. The lowest BCUT2D eigenvalue weighted by atomic mass is 10.1. The minimum absolute atomic E-state index is 0.176. The fourth-order valence-corrected chi connectivity index (χ4v) is 3.56. The molecule has 0 saturated heterocycles. The number of anilines is 1. The highest BCUT2D eigenvalue weighted by Gasteiger charge is 2.18. The number of carbonyl (C=O) groups is 1. The van der Waals surface area contributed by atoms with Crippen molar-refractivity contribution in [2.75, 3.05) is 5.32 Å². The number of rotatable bonds is 5. The maximum Gasteiger partial charge on any atom is 0.262 e. The molecule has 0 spiro atoms. The molecular weight excluding hydrogens is 334 g/mol. The molecule has 0 aliphatic rings. The van der Waals surface area contributed by atoms with Crippen LogP contribution in [0.1, 0.15) is 37.3 Å². The van der Waals surface area contributed by atoms with Crippen LogP contribution in [0.15, 0.2) is 41.5 Å². The van der Waals surface area contributed by atoms with Gasteiger partial charge in [-0.3, -0.25) is 14.2 Å². The third-order valence-electron chi connectivity index (χ3n) is 4.30. The summed E-state index contributed by atoms with van der Waals surface area (Å²) in [5.41, 5.74) is 1.76. The van der Waals surface area contributed by atoms with Crippen LogP contribution >= 0.6 is 11.3 Å². The third-order valence-corrected chi connectivity index (χ3v) is 5.49. The minimum atomic E-state index is -0.639. The summed E-state index contributed by atoms with van der Waals surface area (Å²) < 4.78 is 1.39. The number of hydrogen-bond donors (Lipinski definition) is 1. The zero-order valence-electron chi connectivity index (χ0n) is 14.6. The summed E-state index contributed by atoms with van der Waals surface area (Å²) >= 11 is 1.52. The molecule has 1 amide bonds. The molecule has 2 heterocycles. The number of aryl methyl sites for hydroxylation is 2. The van der Waals surface area contributed by atoms with Crippen molar-refractivity contribution < 1.29 is 4.79 Å². The average molecular weight is 355 g/mol. The summed E-state index contributed by atoms with van der Waals surface area (Å²) in [6.07, 6.45) is 3.28. The van der Waals surface area contributed by atoms with Gasteiger partial charge in [-0.05, 0) is 43.5 Å². The molecule has 5 nitrogen and oxygen atoms in total. The number of thiophene rings is 1. The fourth-order valence-electron chi connectivity index (χ4n) is 2.63. The van der Waals surface area contributed by atoms with E-state index in [1.54, 1.807) is 6.92 Å². The van der Waals surface area contributed by atoms with Gasteiger partial charge in [-0.25, -0.2) is 4.98 Å². The van der Waals surface area contributed by atoms with Crippen LogP contribution in [-0.4, -0.2) is 15.5 Å². The van der Waals surface area contributed by atoms with Crippen LogP contribution < -0.4 is 10.9 Å². The first-order valence-electron chi connectivity index (χ1n) is 8.42. The SMILES string of the molecule is CCc1ccc(NC(=O)[C@H](C)n2cnc3sc(CC)cc3c2=O)cc1. The number of hydrogen-bond acceptors (Lipinski definition) is 4. The van der Waals surface area contributed by atoms with Crippen molar-refractivity contribution >= 4 is 33.1 Å². The second-order valence-corrected chi connectivity index (χ2v) is 7.07. The number of aromatic nitrogens is 2. The van der Waals surface area contributed by atoms with Gasteiger partial charge >= 0.3 is 0 Å². The Balaban J connectivity index is 1.84. The van der Waals surface area contributed by atoms with Crippen molar-refractivity contribution in [3.8, 4) is 0 Å². The predicted octanol–water partition coefficient (Wildman–Crippen LogP) is 3.78. The molecule has 6 heteroatoms. The second-order valence-electron chi connectivity index (χ2n) is 5.96. The first-order chi connectivity index (χ1) is 12.0. The summed E-state index contributed by atoms with van der Waals surface area (Å²) in [4.78, 5) is 31.4. The maximum absolute atomic E-state index is 12.7. The van der Waals surface area contributed by atoms with Gasteiger partial charge in [-0.15, -0.1) is 11.3 Å². The Bertz CT molecular complexity index is 957. The normalized spacial score (nSPS) is 12.3. The minimum Gasteiger partial charge on any atom is -0.324 e. The highest BCUT2D eigenvalue weighted by Crippen LogP contribution is 2.22. The zero-order valence-corrected chi connectivity index (χ0v) is 15.4. The number of nitrogens with zero attached hydrogens (tertiary/aromatic N) is 2. The van der Waals surface area contributed by atoms with Gasteiger partial charge in [0.15, 0.2) is 0 Å². The Labute approximate surface area is 150 Å². The van der Waals surface area contributed by atoms with E-state index in [9.17, 15) is 9.59 Å². The largest absolute Gasteiger partial charge is 0.324 e. The Morgan fingerprint density at radius 1 is 1.24 bits per heavy atom. The maximum atomic E-state index is 12.7. The van der Waals surface area contributed by atoms with Gasteiger partial charge in [0.25, 0.3) is 5.56 Å². The molecule has 1 atom stereocenters. The van der Waals surface area contributed by atoms with Crippen molar-refractivity contribution in [2.45, 2.75) is 39.7 Å². The van der Waals surface area contributed by atoms with E-state index in [-0.39, 0.29) is 11.5 Å². The van der Waals surface area contributed by atoms with Crippen molar-refractivity contribution in [3.05, 3.63) is 57.5 Å². The Kier molecular flexibility index (Phi) is 4.99. The number of benzene rings is 1. The standard InChI is InChI=1S/C19H21N3O2S/c1-4-13-6-8-14(9-7-13)21-17(23)12(3)22-11-20-18-16(19(22)24)10-15(5-2)25-18/h6-12H,4-5H2,1-3H3,(H,21,23)/t12-/m0/s1. The van der Waals surface area contributed by atoms with Gasteiger partial charge in [-0.2, -0.15) is 0 Å². The molecule has 1 aromatic carbocycles. The summed E-state index contributed by atoms with van der Waals surface area (Å²) in [5.74, 6) is -0.238. The molecule has 0 unspecified atom stereocenters. The van der Waals surface area contributed by atoms with E-state index in [0.29, 0.717) is 5.39 Å². The average Bonchev–Trinajstić information content (AvgIpc) is 3.06. The van der Waals surface area contributed by atoms with Gasteiger partial charge in [-0.1, -0.05) is 26.0 Å². The van der Waals surface area contributed by atoms with E-state index < -0.39 is 6.04 Å². The van der Waals surface area contributed by atoms with Crippen LogP contribution in [0.25, 0.3) is 10.2 Å². The Hall–Kier alpha value is -2.47. The highest BCUT2D eigenvalue weighted by atomic mass is 32.1. The van der Waals surface area contributed by atoms with Gasteiger partial charge < -0.3 is 5.32 Å². The molecule has 0 aliphatic carbocycles. The predicted molar refractivity (Wildman–Crippen MR) is 102 cm³/mol. The van der Waals surface area contributed by atoms with E-state index in [1.165, 1.54) is 27.8 Å². The van der Waals surface area contributed by atoms with Crippen molar-refractivity contribution in [1.82, 2.24) is 9.55 Å². The topological polar surface area (TPSA) is 64.0 Å². The van der Waals surface area contributed by atoms with E-state index in [0.717, 1.165) is 28.2 Å². The smallest absolute Gasteiger partial charge is 0.262 e. The summed E-state index contributed by atoms with van der Waals surface area (Å²) in [5, 5.41) is 3.44. The number of carbonyl (C=O) groups excluding carboxylic acids is 1. The lowest BCUT2D eigenvalue weighted by Gasteiger charge is -2.15. The highest BCUT2D eigenvalue weighted by molar-refractivity contribution is 7.18. The van der Waals surface area contributed by atoms with Crippen molar-refractivity contribution in [3.63, 3.8) is 0 Å².